The maximum atomic E-state index is 4.65. The minimum Gasteiger partial charge on any atom is -0.306 e. The Morgan fingerprint density at radius 3 is 2.62 bits per heavy atom. The van der Waals surface area contributed by atoms with Gasteiger partial charge in [0, 0.05) is 24.2 Å². The Hall–Kier alpha value is -2.40. The van der Waals surface area contributed by atoms with Crippen LogP contribution < -0.4 is 0 Å². The minimum absolute atomic E-state index is 0.903. The molecular formula is C16H11BrN4. The zero-order valence-electron chi connectivity index (χ0n) is 11.0. The zero-order chi connectivity index (χ0) is 14.2. The van der Waals surface area contributed by atoms with Gasteiger partial charge >= 0.3 is 0 Å². The van der Waals surface area contributed by atoms with Crippen molar-refractivity contribution in [3.63, 3.8) is 0 Å². The average molecular weight is 339 g/mol. The monoisotopic (exact) mass is 338 g/mol. The molecule has 5 heteroatoms. The fraction of sp³-hybridized carbons (Fsp3) is 0. The second-order valence-corrected chi connectivity index (χ2v) is 5.58. The van der Waals surface area contributed by atoms with E-state index in [4.69, 9.17) is 0 Å². The van der Waals surface area contributed by atoms with Gasteiger partial charge in [-0.25, -0.2) is 9.67 Å². The summed E-state index contributed by atoms with van der Waals surface area (Å²) in [5.41, 5.74) is 3.84. The van der Waals surface area contributed by atoms with Crippen molar-refractivity contribution in [2.45, 2.75) is 0 Å². The van der Waals surface area contributed by atoms with E-state index in [9.17, 15) is 0 Å². The third-order valence-electron chi connectivity index (χ3n) is 3.33. The molecule has 4 rings (SSSR count). The van der Waals surface area contributed by atoms with E-state index in [-0.39, 0.29) is 0 Å². The van der Waals surface area contributed by atoms with E-state index in [0.717, 1.165) is 27.1 Å². The van der Waals surface area contributed by atoms with Gasteiger partial charge in [0.1, 0.15) is 0 Å². The summed E-state index contributed by atoms with van der Waals surface area (Å²) in [4.78, 5) is 4.65. The summed E-state index contributed by atoms with van der Waals surface area (Å²) in [5.74, 6) is 0. The normalized spacial score (nSPS) is 11.1. The molecule has 0 aliphatic heterocycles. The molecule has 0 aliphatic rings. The SMILES string of the molecule is Brc1cccn2cc(-c3cnn(-c4ccccc4)c3)nc12. The number of benzene rings is 1. The standard InChI is InChI=1S/C16H11BrN4/c17-14-7-4-8-20-11-15(19-16(14)20)12-9-18-21(10-12)13-5-2-1-3-6-13/h1-11H. The number of hydrogen-bond donors (Lipinski definition) is 0. The Morgan fingerprint density at radius 2 is 1.81 bits per heavy atom. The number of hydrogen-bond acceptors (Lipinski definition) is 2. The lowest BCUT2D eigenvalue weighted by atomic mass is 10.3. The molecule has 0 amide bonds. The topological polar surface area (TPSA) is 35.1 Å². The Bertz CT molecular complexity index is 908. The van der Waals surface area contributed by atoms with Crippen LogP contribution in [0.15, 0.2) is 71.7 Å². The number of imidazole rings is 1. The largest absolute Gasteiger partial charge is 0.306 e. The molecule has 0 atom stereocenters. The second kappa shape index (κ2) is 4.86. The zero-order valence-corrected chi connectivity index (χ0v) is 12.6. The Morgan fingerprint density at radius 1 is 0.952 bits per heavy atom. The number of rotatable bonds is 2. The molecular weight excluding hydrogens is 328 g/mol. The van der Waals surface area contributed by atoms with Crippen LogP contribution >= 0.6 is 15.9 Å². The summed E-state index contributed by atoms with van der Waals surface area (Å²) in [6.45, 7) is 0. The highest BCUT2D eigenvalue weighted by atomic mass is 79.9. The Balaban J connectivity index is 1.79. The van der Waals surface area contributed by atoms with Crippen molar-refractivity contribution in [1.82, 2.24) is 19.2 Å². The van der Waals surface area contributed by atoms with Gasteiger partial charge in [0.15, 0.2) is 5.65 Å². The molecule has 0 N–H and O–H groups in total. The highest BCUT2D eigenvalue weighted by Gasteiger charge is 2.09. The number of para-hydroxylation sites is 1. The second-order valence-electron chi connectivity index (χ2n) is 4.72. The first kappa shape index (κ1) is 12.3. The summed E-state index contributed by atoms with van der Waals surface area (Å²) < 4.78 is 4.83. The fourth-order valence-electron chi connectivity index (χ4n) is 2.29. The lowest BCUT2D eigenvalue weighted by Crippen LogP contribution is -1.92. The predicted molar refractivity (Wildman–Crippen MR) is 85.5 cm³/mol. The molecule has 0 saturated heterocycles. The minimum atomic E-state index is 0.903. The van der Waals surface area contributed by atoms with Gasteiger partial charge in [-0.2, -0.15) is 5.10 Å². The number of pyridine rings is 1. The maximum absolute atomic E-state index is 4.65. The molecule has 1 aromatic carbocycles. The number of fused-ring (bicyclic) bond motifs is 1. The van der Waals surface area contributed by atoms with Crippen LogP contribution in [0.2, 0.25) is 0 Å². The van der Waals surface area contributed by atoms with Gasteiger partial charge in [-0.05, 0) is 40.2 Å². The molecule has 0 radical (unpaired) electrons. The van der Waals surface area contributed by atoms with Crippen molar-refractivity contribution in [3.8, 4) is 16.9 Å². The van der Waals surface area contributed by atoms with E-state index >= 15 is 0 Å². The number of nitrogens with zero attached hydrogens (tertiary/aromatic N) is 4. The van der Waals surface area contributed by atoms with Crippen LogP contribution in [-0.2, 0) is 0 Å². The average Bonchev–Trinajstić information content (AvgIpc) is 3.15. The molecule has 102 valence electrons. The molecule has 3 heterocycles. The van der Waals surface area contributed by atoms with Gasteiger partial charge < -0.3 is 4.40 Å². The third-order valence-corrected chi connectivity index (χ3v) is 3.95. The molecule has 4 nitrogen and oxygen atoms in total. The molecule has 0 saturated carbocycles. The summed E-state index contributed by atoms with van der Waals surface area (Å²) in [5, 5.41) is 4.41. The van der Waals surface area contributed by atoms with E-state index in [2.05, 4.69) is 26.0 Å². The van der Waals surface area contributed by atoms with Crippen molar-refractivity contribution >= 4 is 21.6 Å². The highest BCUT2D eigenvalue weighted by Crippen LogP contribution is 2.23. The molecule has 0 spiro atoms. The van der Waals surface area contributed by atoms with Crippen LogP contribution in [0.1, 0.15) is 0 Å². The van der Waals surface area contributed by atoms with Crippen molar-refractivity contribution in [2.24, 2.45) is 0 Å². The van der Waals surface area contributed by atoms with Gasteiger partial charge in [-0.15, -0.1) is 0 Å². The molecule has 0 aliphatic carbocycles. The molecule has 3 aromatic heterocycles. The van der Waals surface area contributed by atoms with Crippen molar-refractivity contribution in [1.29, 1.82) is 0 Å². The third kappa shape index (κ3) is 2.15. The molecule has 21 heavy (non-hydrogen) atoms. The first-order valence-corrected chi connectivity index (χ1v) is 7.34. The lowest BCUT2D eigenvalue weighted by Gasteiger charge is -1.98. The Labute approximate surface area is 129 Å². The van der Waals surface area contributed by atoms with Gasteiger partial charge in [-0.1, -0.05) is 18.2 Å². The summed E-state index contributed by atoms with van der Waals surface area (Å²) in [6.07, 6.45) is 7.82. The maximum Gasteiger partial charge on any atom is 0.151 e. The van der Waals surface area contributed by atoms with E-state index in [1.807, 2.05) is 76.3 Å². The first-order valence-electron chi connectivity index (χ1n) is 6.55. The highest BCUT2D eigenvalue weighted by molar-refractivity contribution is 9.10. The number of halogens is 1. The van der Waals surface area contributed by atoms with Crippen molar-refractivity contribution < 1.29 is 0 Å². The van der Waals surface area contributed by atoms with E-state index < -0.39 is 0 Å². The molecule has 4 aromatic rings. The fourth-order valence-corrected chi connectivity index (χ4v) is 2.74. The predicted octanol–water partition coefficient (Wildman–Crippen LogP) is 3.95. The van der Waals surface area contributed by atoms with Gasteiger partial charge in [-0.3, -0.25) is 0 Å². The van der Waals surface area contributed by atoms with E-state index in [1.54, 1.807) is 0 Å². The van der Waals surface area contributed by atoms with Crippen LogP contribution in [0, 0.1) is 0 Å². The van der Waals surface area contributed by atoms with Crippen LogP contribution in [-0.4, -0.2) is 19.2 Å². The van der Waals surface area contributed by atoms with Crippen LogP contribution in [0.25, 0.3) is 22.6 Å². The molecule has 0 fully saturated rings. The van der Waals surface area contributed by atoms with E-state index in [1.165, 1.54) is 0 Å². The molecule has 0 unspecified atom stereocenters. The van der Waals surface area contributed by atoms with Gasteiger partial charge in [0.05, 0.1) is 22.1 Å². The lowest BCUT2D eigenvalue weighted by molar-refractivity contribution is 0.881. The number of aromatic nitrogens is 4. The van der Waals surface area contributed by atoms with Crippen LogP contribution in [0.3, 0.4) is 0 Å². The van der Waals surface area contributed by atoms with Gasteiger partial charge in [0.25, 0.3) is 0 Å². The van der Waals surface area contributed by atoms with Gasteiger partial charge in [0.2, 0.25) is 0 Å². The summed E-state index contributed by atoms with van der Waals surface area (Å²) in [6, 6.07) is 14.0. The van der Waals surface area contributed by atoms with Crippen LogP contribution in [0.5, 0.6) is 0 Å². The quantitative estimate of drug-likeness (QED) is 0.554. The Kier molecular flexibility index (Phi) is 2.86. The first-order chi connectivity index (χ1) is 10.3. The van der Waals surface area contributed by atoms with Crippen LogP contribution in [0.4, 0.5) is 0 Å². The van der Waals surface area contributed by atoms with Crippen molar-refractivity contribution in [3.05, 3.63) is 71.7 Å². The smallest absolute Gasteiger partial charge is 0.151 e. The van der Waals surface area contributed by atoms with Crippen molar-refractivity contribution in [2.75, 3.05) is 0 Å². The van der Waals surface area contributed by atoms with E-state index in [0.29, 0.717) is 0 Å². The molecule has 0 bridgehead atoms. The summed E-state index contributed by atoms with van der Waals surface area (Å²) >= 11 is 3.52. The summed E-state index contributed by atoms with van der Waals surface area (Å²) in [7, 11) is 0.